The lowest BCUT2D eigenvalue weighted by atomic mass is 10.1. The third-order valence-corrected chi connectivity index (χ3v) is 2.17. The van der Waals surface area contributed by atoms with Gasteiger partial charge in [-0.3, -0.25) is 4.79 Å². The number of halogens is 3. The van der Waals surface area contributed by atoms with Gasteiger partial charge in [-0.05, 0) is 24.3 Å². The van der Waals surface area contributed by atoms with Crippen molar-refractivity contribution in [2.45, 2.75) is 6.18 Å². The quantitative estimate of drug-likeness (QED) is 0.886. The Morgan fingerprint density at radius 2 is 1.78 bits per heavy atom. The van der Waals surface area contributed by atoms with Crippen molar-refractivity contribution in [1.82, 2.24) is 0 Å². The van der Waals surface area contributed by atoms with Gasteiger partial charge in [0.05, 0.1) is 7.11 Å². The summed E-state index contributed by atoms with van der Waals surface area (Å²) in [5.41, 5.74) is 0. The Kier molecular flexibility index (Phi) is 4.41. The van der Waals surface area contributed by atoms with Crippen molar-refractivity contribution < 1.29 is 32.5 Å². The molecule has 0 spiro atoms. The van der Waals surface area contributed by atoms with Crippen LogP contribution in [0.25, 0.3) is 0 Å². The molecular weight excluding hydrogens is 253 g/mol. The molecule has 0 saturated carbocycles. The van der Waals surface area contributed by atoms with Crippen LogP contribution in [-0.4, -0.2) is 31.0 Å². The molecule has 0 aliphatic heterocycles. The number of rotatable bonds is 5. The molecule has 0 amide bonds. The molecular formula is C11H11F3O4. The van der Waals surface area contributed by atoms with E-state index in [0.29, 0.717) is 5.75 Å². The Labute approximate surface area is 101 Å². The van der Waals surface area contributed by atoms with E-state index in [4.69, 9.17) is 14.6 Å². The predicted molar refractivity (Wildman–Crippen MR) is 55.7 cm³/mol. The van der Waals surface area contributed by atoms with Gasteiger partial charge in [0.2, 0.25) is 0 Å². The topological polar surface area (TPSA) is 55.8 Å². The first-order valence-electron chi connectivity index (χ1n) is 4.91. The summed E-state index contributed by atoms with van der Waals surface area (Å²) >= 11 is 0. The van der Waals surface area contributed by atoms with Gasteiger partial charge in [0, 0.05) is 0 Å². The van der Waals surface area contributed by atoms with Crippen LogP contribution in [-0.2, 0) is 4.79 Å². The molecule has 18 heavy (non-hydrogen) atoms. The molecule has 1 rings (SSSR count). The monoisotopic (exact) mass is 264 g/mol. The summed E-state index contributed by atoms with van der Waals surface area (Å²) in [7, 11) is 1.44. The van der Waals surface area contributed by atoms with Crippen LogP contribution in [0.2, 0.25) is 0 Å². The maximum atomic E-state index is 12.3. The van der Waals surface area contributed by atoms with Crippen LogP contribution < -0.4 is 9.47 Å². The lowest BCUT2D eigenvalue weighted by Crippen LogP contribution is -2.35. The molecule has 1 unspecified atom stereocenters. The van der Waals surface area contributed by atoms with Crippen molar-refractivity contribution in [1.29, 1.82) is 0 Å². The number of carboxylic acid groups (broad SMARTS) is 1. The van der Waals surface area contributed by atoms with Crippen molar-refractivity contribution in [3.8, 4) is 11.5 Å². The first-order chi connectivity index (χ1) is 8.34. The van der Waals surface area contributed by atoms with Crippen LogP contribution in [0.4, 0.5) is 13.2 Å². The SMILES string of the molecule is COc1ccc(OCC(C(=O)O)C(F)(F)F)cc1. The number of aliphatic carboxylic acids is 1. The predicted octanol–water partition coefficient (Wildman–Crippen LogP) is 2.34. The first kappa shape index (κ1) is 14.1. The standard InChI is InChI=1S/C11H11F3O4/c1-17-7-2-4-8(5-3-7)18-6-9(10(15)16)11(12,13)14/h2-5,9H,6H2,1H3,(H,15,16). The minimum atomic E-state index is -4.84. The molecule has 0 heterocycles. The van der Waals surface area contributed by atoms with Gasteiger partial charge >= 0.3 is 12.1 Å². The molecule has 4 nitrogen and oxygen atoms in total. The second kappa shape index (κ2) is 5.61. The van der Waals surface area contributed by atoms with Crippen LogP contribution in [0.5, 0.6) is 11.5 Å². The third-order valence-electron chi connectivity index (χ3n) is 2.17. The fourth-order valence-corrected chi connectivity index (χ4v) is 1.16. The van der Waals surface area contributed by atoms with Crippen molar-refractivity contribution in [3.63, 3.8) is 0 Å². The smallest absolute Gasteiger partial charge is 0.405 e. The molecule has 0 aliphatic rings. The number of methoxy groups -OCH3 is 1. The minimum absolute atomic E-state index is 0.145. The van der Waals surface area contributed by atoms with Gasteiger partial charge in [-0.1, -0.05) is 0 Å². The van der Waals surface area contributed by atoms with E-state index in [1.807, 2.05) is 0 Å². The summed E-state index contributed by atoms with van der Waals surface area (Å²) in [6.07, 6.45) is -4.84. The molecule has 0 bridgehead atoms. The van der Waals surface area contributed by atoms with Crippen molar-refractivity contribution >= 4 is 5.97 Å². The largest absolute Gasteiger partial charge is 0.497 e. The normalized spacial score (nSPS) is 12.9. The van der Waals surface area contributed by atoms with Gasteiger partial charge in [0.25, 0.3) is 0 Å². The molecule has 1 N–H and O–H groups in total. The molecule has 0 aliphatic carbocycles. The van der Waals surface area contributed by atoms with E-state index in [-0.39, 0.29) is 5.75 Å². The molecule has 1 aromatic carbocycles. The minimum Gasteiger partial charge on any atom is -0.497 e. The van der Waals surface area contributed by atoms with Gasteiger partial charge in [-0.15, -0.1) is 0 Å². The van der Waals surface area contributed by atoms with Gasteiger partial charge in [0.1, 0.15) is 18.1 Å². The van der Waals surface area contributed by atoms with Gasteiger partial charge in [-0.25, -0.2) is 0 Å². The van der Waals surface area contributed by atoms with Crippen molar-refractivity contribution in [3.05, 3.63) is 24.3 Å². The average molecular weight is 264 g/mol. The highest BCUT2D eigenvalue weighted by atomic mass is 19.4. The van der Waals surface area contributed by atoms with Crippen LogP contribution in [0.15, 0.2) is 24.3 Å². The number of carbonyl (C=O) groups is 1. The van der Waals surface area contributed by atoms with E-state index in [1.54, 1.807) is 0 Å². The molecule has 1 aromatic rings. The molecule has 0 aromatic heterocycles. The van der Waals surface area contributed by atoms with E-state index in [1.165, 1.54) is 31.4 Å². The number of ether oxygens (including phenoxy) is 2. The second-order valence-electron chi connectivity index (χ2n) is 3.42. The summed E-state index contributed by atoms with van der Waals surface area (Å²) in [6, 6.07) is 5.79. The number of carboxylic acids is 1. The lowest BCUT2D eigenvalue weighted by molar-refractivity contribution is -0.198. The van der Waals surface area contributed by atoms with Gasteiger partial charge < -0.3 is 14.6 Å². The van der Waals surface area contributed by atoms with Crippen LogP contribution in [0.3, 0.4) is 0 Å². The highest BCUT2D eigenvalue weighted by Gasteiger charge is 2.45. The lowest BCUT2D eigenvalue weighted by Gasteiger charge is -2.16. The Morgan fingerprint density at radius 1 is 1.28 bits per heavy atom. The molecule has 1 atom stereocenters. The Morgan fingerprint density at radius 3 is 2.17 bits per heavy atom. The van der Waals surface area contributed by atoms with Gasteiger partial charge in [-0.2, -0.15) is 13.2 Å². The van der Waals surface area contributed by atoms with Gasteiger partial charge in [0.15, 0.2) is 5.92 Å². The maximum Gasteiger partial charge on any atom is 0.405 e. The highest BCUT2D eigenvalue weighted by molar-refractivity contribution is 5.71. The molecule has 0 saturated heterocycles. The molecule has 0 fully saturated rings. The zero-order valence-electron chi connectivity index (χ0n) is 9.40. The zero-order chi connectivity index (χ0) is 13.8. The van der Waals surface area contributed by atoms with Crippen molar-refractivity contribution in [2.75, 3.05) is 13.7 Å². The number of benzene rings is 1. The molecule has 7 heteroatoms. The van der Waals surface area contributed by atoms with E-state index in [9.17, 15) is 18.0 Å². The average Bonchev–Trinajstić information content (AvgIpc) is 2.28. The van der Waals surface area contributed by atoms with E-state index in [2.05, 4.69) is 0 Å². The summed E-state index contributed by atoms with van der Waals surface area (Å²) in [4.78, 5) is 10.4. The number of alkyl halides is 3. The maximum absolute atomic E-state index is 12.3. The Balaban J connectivity index is 2.64. The van der Waals surface area contributed by atoms with Crippen LogP contribution in [0.1, 0.15) is 0 Å². The Bertz CT molecular complexity index is 400. The third kappa shape index (κ3) is 3.83. The summed E-state index contributed by atoms with van der Waals surface area (Å²) in [5.74, 6) is -3.84. The fourth-order valence-electron chi connectivity index (χ4n) is 1.16. The molecule has 0 radical (unpaired) electrons. The van der Waals surface area contributed by atoms with E-state index in [0.717, 1.165) is 0 Å². The summed E-state index contributed by atoms with van der Waals surface area (Å²) in [6.45, 7) is -0.967. The van der Waals surface area contributed by atoms with Crippen molar-refractivity contribution in [2.24, 2.45) is 5.92 Å². The van der Waals surface area contributed by atoms with E-state index >= 15 is 0 Å². The number of hydrogen-bond donors (Lipinski definition) is 1. The van der Waals surface area contributed by atoms with Crippen LogP contribution in [0, 0.1) is 5.92 Å². The second-order valence-corrected chi connectivity index (χ2v) is 3.42. The first-order valence-corrected chi connectivity index (χ1v) is 4.91. The summed E-state index contributed by atoms with van der Waals surface area (Å²) in [5, 5.41) is 8.45. The fraction of sp³-hybridized carbons (Fsp3) is 0.364. The Hall–Kier alpha value is -1.92. The summed E-state index contributed by atoms with van der Waals surface area (Å²) < 4.78 is 46.6. The molecule has 100 valence electrons. The van der Waals surface area contributed by atoms with Crippen LogP contribution >= 0.6 is 0 Å². The highest BCUT2D eigenvalue weighted by Crippen LogP contribution is 2.27. The van der Waals surface area contributed by atoms with E-state index < -0.39 is 24.7 Å². The number of hydrogen-bond acceptors (Lipinski definition) is 3. The zero-order valence-corrected chi connectivity index (χ0v) is 9.40.